The highest BCUT2D eigenvalue weighted by Gasteiger charge is 2.58. The molecule has 0 aromatic heterocycles. The van der Waals surface area contributed by atoms with E-state index in [0.29, 0.717) is 30.3 Å². The second kappa shape index (κ2) is 6.22. The standard InChI is InChI=1S/C21H32N2O2/c1-20-9-7-15(23-25-12-11-22)13-14(20)3-4-16-17-5-6-19(24)21(17,2)10-8-18(16)20/h13,16-18H,3-12,22H2,1-2H3. The van der Waals surface area contributed by atoms with Crippen molar-refractivity contribution in [1.29, 1.82) is 0 Å². The van der Waals surface area contributed by atoms with Crippen molar-refractivity contribution in [2.45, 2.75) is 65.2 Å². The summed E-state index contributed by atoms with van der Waals surface area (Å²) < 4.78 is 0. The molecule has 0 radical (unpaired) electrons. The van der Waals surface area contributed by atoms with Gasteiger partial charge in [0.25, 0.3) is 0 Å². The molecule has 3 saturated carbocycles. The summed E-state index contributed by atoms with van der Waals surface area (Å²) >= 11 is 0. The smallest absolute Gasteiger partial charge is 0.139 e. The van der Waals surface area contributed by atoms with Crippen LogP contribution in [0, 0.1) is 28.6 Å². The molecule has 0 aromatic rings. The van der Waals surface area contributed by atoms with Crippen LogP contribution in [-0.2, 0) is 9.63 Å². The van der Waals surface area contributed by atoms with Gasteiger partial charge >= 0.3 is 0 Å². The van der Waals surface area contributed by atoms with E-state index in [0.717, 1.165) is 49.7 Å². The number of nitrogens with two attached hydrogens (primary N) is 1. The van der Waals surface area contributed by atoms with E-state index in [2.05, 4.69) is 25.1 Å². The predicted molar refractivity (Wildman–Crippen MR) is 99.2 cm³/mol. The molecule has 5 atom stereocenters. The second-order valence-corrected chi connectivity index (χ2v) is 9.13. The van der Waals surface area contributed by atoms with Gasteiger partial charge in [-0.05, 0) is 74.2 Å². The molecule has 2 N–H and O–H groups in total. The molecule has 0 aliphatic heterocycles. The van der Waals surface area contributed by atoms with E-state index in [1.807, 2.05) is 0 Å². The Kier molecular flexibility index (Phi) is 4.30. The SMILES string of the molecule is CC12CCC3C(CCC4=CC(=NOCCN)CCC43C)C1CCC2=O. The van der Waals surface area contributed by atoms with E-state index >= 15 is 0 Å². The molecule has 4 rings (SSSR count). The van der Waals surface area contributed by atoms with E-state index in [1.165, 1.54) is 19.3 Å². The molecule has 4 aliphatic rings. The number of nitrogens with zero attached hydrogens (tertiary/aromatic N) is 1. The minimum Gasteiger partial charge on any atom is -0.394 e. The van der Waals surface area contributed by atoms with Gasteiger partial charge in [-0.25, -0.2) is 0 Å². The molecule has 0 spiro atoms. The lowest BCUT2D eigenvalue weighted by Gasteiger charge is -2.57. The fourth-order valence-electron chi connectivity index (χ4n) is 6.60. The first-order chi connectivity index (χ1) is 12.0. The number of Topliss-reactive ketones (excluding diaryl/α,β-unsaturated/α-hetero) is 1. The minimum absolute atomic E-state index is 0.0178. The zero-order valence-corrected chi connectivity index (χ0v) is 15.7. The van der Waals surface area contributed by atoms with Crippen molar-refractivity contribution in [2.24, 2.45) is 39.5 Å². The average Bonchev–Trinajstić information content (AvgIpc) is 2.90. The van der Waals surface area contributed by atoms with E-state index in [4.69, 9.17) is 10.6 Å². The van der Waals surface area contributed by atoms with Crippen LogP contribution in [0.5, 0.6) is 0 Å². The monoisotopic (exact) mass is 344 g/mol. The average molecular weight is 344 g/mol. The maximum atomic E-state index is 12.5. The summed E-state index contributed by atoms with van der Waals surface area (Å²) in [5.74, 6) is 2.64. The van der Waals surface area contributed by atoms with Crippen LogP contribution in [0.15, 0.2) is 16.8 Å². The Bertz CT molecular complexity index is 625. The molecule has 0 bridgehead atoms. The minimum atomic E-state index is -0.0178. The highest BCUT2D eigenvalue weighted by atomic mass is 16.6. The normalized spacial score (nSPS) is 44.8. The molecule has 0 aromatic carbocycles. The summed E-state index contributed by atoms with van der Waals surface area (Å²) in [5, 5.41) is 4.29. The van der Waals surface area contributed by atoms with Crippen LogP contribution in [0.25, 0.3) is 0 Å². The fraction of sp³-hybridized carbons (Fsp3) is 0.810. The van der Waals surface area contributed by atoms with Crippen molar-refractivity contribution in [2.75, 3.05) is 13.2 Å². The number of allylic oxidation sites excluding steroid dienone is 2. The molecule has 5 unspecified atom stereocenters. The van der Waals surface area contributed by atoms with Gasteiger partial charge in [-0.2, -0.15) is 0 Å². The molecule has 0 amide bonds. The number of oxime groups is 1. The van der Waals surface area contributed by atoms with Gasteiger partial charge in [0.15, 0.2) is 0 Å². The van der Waals surface area contributed by atoms with Crippen LogP contribution in [0.1, 0.15) is 65.2 Å². The number of carbonyl (C=O) groups excluding carboxylic acids is 1. The first-order valence-corrected chi connectivity index (χ1v) is 10.1. The van der Waals surface area contributed by atoms with Crippen LogP contribution in [0.3, 0.4) is 0 Å². The third-order valence-corrected chi connectivity index (χ3v) is 8.08. The third kappa shape index (κ3) is 2.59. The van der Waals surface area contributed by atoms with E-state index in [9.17, 15) is 4.79 Å². The van der Waals surface area contributed by atoms with E-state index < -0.39 is 0 Å². The highest BCUT2D eigenvalue weighted by molar-refractivity contribution is 5.96. The lowest BCUT2D eigenvalue weighted by Crippen LogP contribution is -2.50. The molecule has 0 heterocycles. The van der Waals surface area contributed by atoms with Gasteiger partial charge in [0.2, 0.25) is 0 Å². The molecular weight excluding hydrogens is 312 g/mol. The summed E-state index contributed by atoms with van der Waals surface area (Å²) in [6.07, 6.45) is 11.1. The summed E-state index contributed by atoms with van der Waals surface area (Å²) in [6.45, 7) is 5.74. The third-order valence-electron chi connectivity index (χ3n) is 8.08. The van der Waals surface area contributed by atoms with Crippen LogP contribution in [0.2, 0.25) is 0 Å². The van der Waals surface area contributed by atoms with Crippen molar-refractivity contribution in [3.63, 3.8) is 0 Å². The van der Waals surface area contributed by atoms with Gasteiger partial charge in [-0.15, -0.1) is 0 Å². The number of rotatable bonds is 3. The maximum Gasteiger partial charge on any atom is 0.139 e. The summed E-state index contributed by atoms with van der Waals surface area (Å²) in [7, 11) is 0. The molecule has 0 saturated heterocycles. The zero-order valence-electron chi connectivity index (χ0n) is 15.7. The van der Waals surface area contributed by atoms with Gasteiger partial charge in [0.05, 0.1) is 5.71 Å². The lowest BCUT2D eigenvalue weighted by atomic mass is 9.47. The first kappa shape index (κ1) is 17.3. The molecule has 25 heavy (non-hydrogen) atoms. The number of hydrogen-bond donors (Lipinski definition) is 1. The number of hydrogen-bond acceptors (Lipinski definition) is 4. The van der Waals surface area contributed by atoms with Crippen LogP contribution in [-0.4, -0.2) is 24.6 Å². The first-order valence-electron chi connectivity index (χ1n) is 10.1. The Balaban J connectivity index is 1.58. The predicted octanol–water partition coefficient (Wildman–Crippen LogP) is 3.85. The van der Waals surface area contributed by atoms with Crippen LogP contribution < -0.4 is 5.73 Å². The second-order valence-electron chi connectivity index (χ2n) is 9.13. The largest absolute Gasteiger partial charge is 0.394 e. The van der Waals surface area contributed by atoms with Gasteiger partial charge in [-0.1, -0.05) is 24.6 Å². The number of carbonyl (C=O) groups is 1. The lowest BCUT2D eigenvalue weighted by molar-refractivity contribution is -0.132. The maximum absolute atomic E-state index is 12.5. The van der Waals surface area contributed by atoms with Crippen molar-refractivity contribution >= 4 is 11.5 Å². The summed E-state index contributed by atoms with van der Waals surface area (Å²) in [5.41, 5.74) is 8.40. The molecule has 4 nitrogen and oxygen atoms in total. The van der Waals surface area contributed by atoms with Crippen molar-refractivity contribution in [3.8, 4) is 0 Å². The van der Waals surface area contributed by atoms with Gasteiger partial charge in [0, 0.05) is 18.4 Å². The Morgan fingerprint density at radius 2 is 1.92 bits per heavy atom. The Morgan fingerprint density at radius 1 is 1.12 bits per heavy atom. The molecule has 3 fully saturated rings. The molecule has 138 valence electrons. The molecular formula is C21H32N2O2. The van der Waals surface area contributed by atoms with Crippen LogP contribution >= 0.6 is 0 Å². The Labute approximate surface area is 151 Å². The highest BCUT2D eigenvalue weighted by Crippen LogP contribution is 2.64. The fourth-order valence-corrected chi connectivity index (χ4v) is 6.60. The van der Waals surface area contributed by atoms with Gasteiger partial charge in [0.1, 0.15) is 12.4 Å². The molecule has 4 heteroatoms. The summed E-state index contributed by atoms with van der Waals surface area (Å²) in [4.78, 5) is 17.8. The van der Waals surface area contributed by atoms with Crippen molar-refractivity contribution in [1.82, 2.24) is 0 Å². The van der Waals surface area contributed by atoms with E-state index in [-0.39, 0.29) is 5.41 Å². The van der Waals surface area contributed by atoms with Crippen molar-refractivity contribution < 1.29 is 9.63 Å². The van der Waals surface area contributed by atoms with Gasteiger partial charge < -0.3 is 10.6 Å². The topological polar surface area (TPSA) is 64.7 Å². The number of ketones is 1. The van der Waals surface area contributed by atoms with Gasteiger partial charge in [-0.3, -0.25) is 4.79 Å². The number of fused-ring (bicyclic) bond motifs is 5. The Hall–Kier alpha value is -1.16. The van der Waals surface area contributed by atoms with Crippen LogP contribution in [0.4, 0.5) is 0 Å². The van der Waals surface area contributed by atoms with Crippen molar-refractivity contribution in [3.05, 3.63) is 11.6 Å². The zero-order chi connectivity index (χ0) is 17.7. The Morgan fingerprint density at radius 3 is 2.72 bits per heavy atom. The van der Waals surface area contributed by atoms with E-state index in [1.54, 1.807) is 5.57 Å². The summed E-state index contributed by atoms with van der Waals surface area (Å²) in [6, 6.07) is 0. The molecule has 4 aliphatic carbocycles. The quantitative estimate of drug-likeness (QED) is 0.625.